The third-order valence-corrected chi connectivity index (χ3v) is 5.96. The van der Waals surface area contributed by atoms with Crippen LogP contribution in [0.25, 0.3) is 0 Å². The third kappa shape index (κ3) is 5.19. The molecule has 0 saturated carbocycles. The second-order valence-electron chi connectivity index (χ2n) is 5.71. The molecule has 0 aliphatic carbocycles. The molecule has 0 spiro atoms. The van der Waals surface area contributed by atoms with E-state index in [1.54, 1.807) is 31.3 Å². The number of benzene rings is 1. The monoisotopic (exact) mass is 402 g/mol. The summed E-state index contributed by atoms with van der Waals surface area (Å²) in [6.45, 7) is 2.21. The van der Waals surface area contributed by atoms with Gasteiger partial charge in [-0.05, 0) is 42.6 Å². The van der Waals surface area contributed by atoms with Gasteiger partial charge in [0.1, 0.15) is 5.82 Å². The number of hydrogen-bond donors (Lipinski definition) is 2. The molecule has 0 saturated heterocycles. The molecule has 1 aromatic carbocycles. The minimum atomic E-state index is -3.71. The first kappa shape index (κ1) is 19.2. The second kappa shape index (κ2) is 8.38. The number of aryl methyl sites for hydroxylation is 1. The van der Waals surface area contributed by atoms with E-state index in [1.165, 1.54) is 23.5 Å². The van der Waals surface area contributed by atoms with E-state index in [9.17, 15) is 13.2 Å². The summed E-state index contributed by atoms with van der Waals surface area (Å²) >= 11 is 1.47. The summed E-state index contributed by atoms with van der Waals surface area (Å²) in [5, 5.41) is 4.62. The topological polar surface area (TPSA) is 101 Å². The fourth-order valence-corrected chi connectivity index (χ4v) is 4.13. The molecular formula is C18H18N4O3S2. The van der Waals surface area contributed by atoms with Gasteiger partial charge >= 0.3 is 0 Å². The van der Waals surface area contributed by atoms with Crippen LogP contribution in [0.2, 0.25) is 0 Å². The summed E-state index contributed by atoms with van der Waals surface area (Å²) in [5.41, 5.74) is 0.942. The van der Waals surface area contributed by atoms with Crippen molar-refractivity contribution < 1.29 is 13.2 Å². The summed E-state index contributed by atoms with van der Waals surface area (Å²) in [6.07, 6.45) is 1.62. The van der Waals surface area contributed by atoms with E-state index in [4.69, 9.17) is 0 Å². The number of sulfonamides is 1. The van der Waals surface area contributed by atoms with Crippen molar-refractivity contribution in [3.05, 3.63) is 76.0 Å². The Kier molecular flexibility index (Phi) is 5.94. The number of amides is 1. The molecule has 7 nitrogen and oxygen atoms in total. The molecule has 3 aromatic rings. The highest BCUT2D eigenvalue weighted by Crippen LogP contribution is 2.14. The van der Waals surface area contributed by atoms with Gasteiger partial charge in [-0.1, -0.05) is 12.1 Å². The van der Waals surface area contributed by atoms with E-state index in [2.05, 4.69) is 20.0 Å². The summed E-state index contributed by atoms with van der Waals surface area (Å²) in [6, 6.07) is 11.4. The summed E-state index contributed by atoms with van der Waals surface area (Å²) in [7, 11) is -3.71. The molecule has 2 aromatic heterocycles. The first-order chi connectivity index (χ1) is 12.9. The van der Waals surface area contributed by atoms with Crippen LogP contribution < -0.4 is 10.0 Å². The van der Waals surface area contributed by atoms with Crippen molar-refractivity contribution in [2.75, 3.05) is 0 Å². The summed E-state index contributed by atoms with van der Waals surface area (Å²) in [5.74, 6) is 0.244. The molecule has 0 aliphatic rings. The molecule has 2 heterocycles. The fraction of sp³-hybridized carbons (Fsp3) is 0.167. The standard InChI is InChI=1S/C18H18N4O3S2/c1-13-19-8-7-15(22-13)11-20-18(23)14-4-2-6-17(10-14)27(24,25)21-12-16-5-3-9-26-16/h2-10,21H,11-12H2,1H3,(H,20,23). The normalized spacial score (nSPS) is 11.3. The molecule has 0 aliphatic heterocycles. The number of carbonyl (C=O) groups is 1. The number of hydrogen-bond acceptors (Lipinski definition) is 6. The van der Waals surface area contributed by atoms with Crippen molar-refractivity contribution in [3.8, 4) is 0 Å². The van der Waals surface area contributed by atoms with E-state index in [-0.39, 0.29) is 29.5 Å². The lowest BCUT2D eigenvalue weighted by molar-refractivity contribution is 0.0950. The Morgan fingerprint density at radius 3 is 2.74 bits per heavy atom. The number of nitrogens with one attached hydrogen (secondary N) is 2. The van der Waals surface area contributed by atoms with Gasteiger partial charge in [0.2, 0.25) is 10.0 Å². The van der Waals surface area contributed by atoms with Crippen LogP contribution in [0.5, 0.6) is 0 Å². The Bertz CT molecular complexity index is 1030. The number of carbonyl (C=O) groups excluding carboxylic acids is 1. The Hall–Kier alpha value is -2.62. The Labute approximate surface area is 161 Å². The van der Waals surface area contributed by atoms with Crippen molar-refractivity contribution >= 4 is 27.3 Å². The Morgan fingerprint density at radius 1 is 1.15 bits per heavy atom. The van der Waals surface area contributed by atoms with E-state index in [0.717, 1.165) is 4.88 Å². The van der Waals surface area contributed by atoms with Crippen molar-refractivity contribution in [1.82, 2.24) is 20.0 Å². The first-order valence-corrected chi connectivity index (χ1v) is 10.5. The van der Waals surface area contributed by atoms with Gasteiger partial charge in [0, 0.05) is 23.2 Å². The van der Waals surface area contributed by atoms with E-state index >= 15 is 0 Å². The molecule has 9 heteroatoms. The van der Waals surface area contributed by atoms with Crippen LogP contribution >= 0.6 is 11.3 Å². The number of nitrogens with zero attached hydrogens (tertiary/aromatic N) is 2. The molecule has 3 rings (SSSR count). The van der Waals surface area contributed by atoms with Gasteiger partial charge in [0.05, 0.1) is 17.1 Å². The molecule has 140 valence electrons. The first-order valence-electron chi connectivity index (χ1n) is 8.13. The lowest BCUT2D eigenvalue weighted by Gasteiger charge is -2.09. The van der Waals surface area contributed by atoms with Crippen LogP contribution in [0.15, 0.2) is 58.9 Å². The average molecular weight is 403 g/mol. The van der Waals surface area contributed by atoms with Crippen molar-refractivity contribution in [2.24, 2.45) is 0 Å². The van der Waals surface area contributed by atoms with E-state index in [1.807, 2.05) is 17.5 Å². The fourth-order valence-electron chi connectivity index (χ4n) is 2.34. The summed E-state index contributed by atoms with van der Waals surface area (Å²) in [4.78, 5) is 21.5. The van der Waals surface area contributed by atoms with E-state index < -0.39 is 10.0 Å². The van der Waals surface area contributed by atoms with Gasteiger partial charge in [0.25, 0.3) is 5.91 Å². The number of rotatable bonds is 7. The summed E-state index contributed by atoms with van der Waals surface area (Å²) < 4.78 is 27.5. The van der Waals surface area contributed by atoms with Gasteiger partial charge in [-0.25, -0.2) is 23.1 Å². The quantitative estimate of drug-likeness (QED) is 0.631. The highest BCUT2D eigenvalue weighted by molar-refractivity contribution is 7.89. The molecular weight excluding hydrogens is 384 g/mol. The molecule has 27 heavy (non-hydrogen) atoms. The predicted molar refractivity (Wildman–Crippen MR) is 103 cm³/mol. The zero-order valence-electron chi connectivity index (χ0n) is 14.5. The van der Waals surface area contributed by atoms with Gasteiger partial charge < -0.3 is 5.32 Å². The van der Waals surface area contributed by atoms with Crippen LogP contribution in [0, 0.1) is 6.92 Å². The highest BCUT2D eigenvalue weighted by atomic mass is 32.2. The zero-order chi connectivity index (χ0) is 19.3. The number of thiophene rings is 1. The van der Waals surface area contributed by atoms with Crippen molar-refractivity contribution in [1.29, 1.82) is 0 Å². The molecule has 2 N–H and O–H groups in total. The maximum Gasteiger partial charge on any atom is 0.251 e. The van der Waals surface area contributed by atoms with Crippen LogP contribution in [-0.2, 0) is 23.1 Å². The maximum absolute atomic E-state index is 12.5. The van der Waals surface area contributed by atoms with Gasteiger partial charge in [-0.3, -0.25) is 4.79 Å². The molecule has 0 unspecified atom stereocenters. The second-order valence-corrected chi connectivity index (χ2v) is 8.51. The van der Waals surface area contributed by atoms with Gasteiger partial charge in [0.15, 0.2) is 0 Å². The maximum atomic E-state index is 12.5. The van der Waals surface area contributed by atoms with Crippen LogP contribution in [0.1, 0.15) is 26.8 Å². The Balaban J connectivity index is 1.67. The minimum Gasteiger partial charge on any atom is -0.346 e. The SMILES string of the molecule is Cc1nccc(CNC(=O)c2cccc(S(=O)(=O)NCc3cccs3)c2)n1. The third-order valence-electron chi connectivity index (χ3n) is 3.69. The van der Waals surface area contributed by atoms with Crippen molar-refractivity contribution in [2.45, 2.75) is 24.9 Å². The molecule has 0 bridgehead atoms. The largest absolute Gasteiger partial charge is 0.346 e. The van der Waals surface area contributed by atoms with E-state index in [0.29, 0.717) is 11.5 Å². The van der Waals surface area contributed by atoms with Crippen molar-refractivity contribution in [3.63, 3.8) is 0 Å². The predicted octanol–water partition coefficient (Wildman–Crippen LogP) is 2.26. The highest BCUT2D eigenvalue weighted by Gasteiger charge is 2.16. The molecule has 0 radical (unpaired) electrons. The lowest BCUT2D eigenvalue weighted by Crippen LogP contribution is -2.25. The Morgan fingerprint density at radius 2 is 2.00 bits per heavy atom. The number of aromatic nitrogens is 2. The van der Waals surface area contributed by atoms with Crippen LogP contribution in [0.4, 0.5) is 0 Å². The molecule has 0 atom stereocenters. The van der Waals surface area contributed by atoms with Crippen LogP contribution in [0.3, 0.4) is 0 Å². The lowest BCUT2D eigenvalue weighted by atomic mass is 10.2. The van der Waals surface area contributed by atoms with Gasteiger partial charge in [-0.2, -0.15) is 0 Å². The smallest absolute Gasteiger partial charge is 0.251 e. The minimum absolute atomic E-state index is 0.0459. The molecule has 0 fully saturated rings. The zero-order valence-corrected chi connectivity index (χ0v) is 16.2. The van der Waals surface area contributed by atoms with Gasteiger partial charge in [-0.15, -0.1) is 11.3 Å². The van der Waals surface area contributed by atoms with Crippen LogP contribution in [-0.4, -0.2) is 24.3 Å². The average Bonchev–Trinajstić information content (AvgIpc) is 3.18. The molecule has 1 amide bonds.